The number of rotatable bonds is 7. The van der Waals surface area contributed by atoms with Gasteiger partial charge in [0.2, 0.25) is 5.91 Å². The van der Waals surface area contributed by atoms with Gasteiger partial charge in [-0.25, -0.2) is 13.8 Å². The molecule has 3 heterocycles. The number of aliphatic hydroxyl groups excluding tert-OH is 1. The number of aromatic nitrogens is 5. The molecule has 0 fully saturated rings. The van der Waals surface area contributed by atoms with Gasteiger partial charge in [-0.1, -0.05) is 11.3 Å². The Labute approximate surface area is 221 Å². The SMILES string of the molecule is CC(C)O.COc1ccc(F)cc1CCn1c(=O)n(C(C)(C)C(N)=O)c(=O)c2c(C)c(-n3nccn3)sc21. The van der Waals surface area contributed by atoms with Gasteiger partial charge in [0.1, 0.15) is 26.9 Å². The van der Waals surface area contributed by atoms with Crippen LogP contribution in [0.25, 0.3) is 15.2 Å². The summed E-state index contributed by atoms with van der Waals surface area (Å²) in [7, 11) is 1.47. The fraction of sp³-hybridized carbons (Fsp3) is 0.400. The van der Waals surface area contributed by atoms with Crippen LogP contribution in [-0.4, -0.2) is 48.4 Å². The molecule has 0 saturated carbocycles. The minimum atomic E-state index is -1.58. The van der Waals surface area contributed by atoms with Crippen molar-refractivity contribution in [3.63, 3.8) is 0 Å². The molecule has 0 atom stereocenters. The number of carbonyl (C=O) groups is 1. The third kappa shape index (κ3) is 5.53. The van der Waals surface area contributed by atoms with Gasteiger partial charge in [-0.15, -0.1) is 4.80 Å². The summed E-state index contributed by atoms with van der Waals surface area (Å²) in [6.07, 6.45) is 3.07. The molecule has 0 bridgehead atoms. The van der Waals surface area contributed by atoms with Crippen LogP contribution < -0.4 is 21.7 Å². The van der Waals surface area contributed by atoms with Crippen molar-refractivity contribution < 1.29 is 19.0 Å². The average molecular weight is 547 g/mol. The fourth-order valence-corrected chi connectivity index (χ4v) is 5.06. The lowest BCUT2D eigenvalue weighted by atomic mass is 10.0. The first-order chi connectivity index (χ1) is 17.8. The Kier molecular flexibility index (Phi) is 8.52. The highest BCUT2D eigenvalue weighted by atomic mass is 32.1. The standard InChI is InChI=1S/C22H23FN6O4S.C3H8O/c1-12-16-17(30)28(22(2,3)20(24)31)21(32)27(19(16)34-18(12)29-25-8-9-26-29)10-7-13-11-14(23)5-6-15(13)33-4;1-3(2)4/h5-6,8-9,11H,7,10H2,1-4H3,(H2,24,31);3-4H,1-2H3. The monoisotopic (exact) mass is 546 g/mol. The Morgan fingerprint density at radius 2 is 1.84 bits per heavy atom. The molecular formula is C25H31FN6O5S. The van der Waals surface area contributed by atoms with E-state index in [1.165, 1.54) is 72.3 Å². The maximum absolute atomic E-state index is 13.9. The van der Waals surface area contributed by atoms with Crippen molar-refractivity contribution in [2.24, 2.45) is 5.73 Å². The van der Waals surface area contributed by atoms with Gasteiger partial charge in [-0.3, -0.25) is 14.2 Å². The van der Waals surface area contributed by atoms with E-state index in [1.807, 2.05) is 0 Å². The van der Waals surface area contributed by atoms with E-state index in [-0.39, 0.29) is 24.5 Å². The van der Waals surface area contributed by atoms with Gasteiger partial charge in [-0.05, 0) is 64.8 Å². The number of fused-ring (bicyclic) bond motifs is 1. The molecule has 204 valence electrons. The van der Waals surface area contributed by atoms with E-state index in [0.717, 1.165) is 4.57 Å². The van der Waals surface area contributed by atoms with Crippen LogP contribution in [0, 0.1) is 12.7 Å². The Balaban J connectivity index is 0.000000934. The van der Waals surface area contributed by atoms with Gasteiger partial charge in [0.25, 0.3) is 5.56 Å². The zero-order valence-corrected chi connectivity index (χ0v) is 22.9. The van der Waals surface area contributed by atoms with Gasteiger partial charge in [0.15, 0.2) is 0 Å². The summed E-state index contributed by atoms with van der Waals surface area (Å²) in [6, 6.07) is 4.13. The molecule has 13 heteroatoms. The van der Waals surface area contributed by atoms with E-state index in [4.69, 9.17) is 15.6 Å². The predicted octanol–water partition coefficient (Wildman–Crippen LogP) is 2.11. The molecule has 3 N–H and O–H groups in total. The summed E-state index contributed by atoms with van der Waals surface area (Å²) in [5.41, 5.74) is 3.75. The molecule has 11 nitrogen and oxygen atoms in total. The first-order valence-corrected chi connectivity index (χ1v) is 12.6. The first kappa shape index (κ1) is 28.7. The summed E-state index contributed by atoms with van der Waals surface area (Å²) < 4.78 is 21.5. The Morgan fingerprint density at radius 1 is 1.24 bits per heavy atom. The van der Waals surface area contributed by atoms with Gasteiger partial charge in [0, 0.05) is 18.2 Å². The van der Waals surface area contributed by atoms with Crippen LogP contribution in [0.15, 0.2) is 40.2 Å². The van der Waals surface area contributed by atoms with E-state index in [0.29, 0.717) is 26.7 Å². The second-order valence-electron chi connectivity index (χ2n) is 9.33. The first-order valence-electron chi connectivity index (χ1n) is 11.8. The largest absolute Gasteiger partial charge is 0.496 e. The number of methoxy groups -OCH3 is 1. The molecule has 0 aliphatic carbocycles. The minimum Gasteiger partial charge on any atom is -0.496 e. The third-order valence-corrected chi connectivity index (χ3v) is 7.08. The lowest BCUT2D eigenvalue weighted by molar-refractivity contribution is -0.125. The topological polar surface area (TPSA) is 147 Å². The number of hydrogen-bond acceptors (Lipinski definition) is 8. The van der Waals surface area contributed by atoms with E-state index in [9.17, 15) is 18.8 Å². The van der Waals surface area contributed by atoms with Gasteiger partial charge < -0.3 is 15.6 Å². The Morgan fingerprint density at radius 3 is 2.39 bits per heavy atom. The average Bonchev–Trinajstić information content (AvgIpc) is 3.46. The molecular weight excluding hydrogens is 515 g/mol. The number of aliphatic hydroxyl groups is 1. The molecule has 1 amide bonds. The molecule has 0 aliphatic rings. The van der Waals surface area contributed by atoms with Crippen molar-refractivity contribution in [3.8, 4) is 10.8 Å². The number of halogens is 1. The molecule has 0 saturated heterocycles. The summed E-state index contributed by atoms with van der Waals surface area (Å²) in [5.74, 6) is -0.793. The quantitative estimate of drug-likeness (QED) is 0.361. The third-order valence-electron chi connectivity index (χ3n) is 5.80. The van der Waals surface area contributed by atoms with Crippen LogP contribution in [0.5, 0.6) is 5.75 Å². The predicted molar refractivity (Wildman–Crippen MR) is 143 cm³/mol. The van der Waals surface area contributed by atoms with Crippen molar-refractivity contribution in [2.75, 3.05) is 7.11 Å². The Hall–Kier alpha value is -3.84. The lowest BCUT2D eigenvalue weighted by Crippen LogP contribution is -2.54. The molecule has 0 aliphatic heterocycles. The van der Waals surface area contributed by atoms with Gasteiger partial charge in [0.05, 0.1) is 24.9 Å². The number of primary amides is 1. The normalized spacial score (nSPS) is 11.5. The van der Waals surface area contributed by atoms with Gasteiger partial charge >= 0.3 is 5.69 Å². The highest BCUT2D eigenvalue weighted by Crippen LogP contribution is 2.31. The smallest absolute Gasteiger partial charge is 0.333 e. The lowest BCUT2D eigenvalue weighted by Gasteiger charge is -2.24. The van der Waals surface area contributed by atoms with Crippen LogP contribution in [0.4, 0.5) is 4.39 Å². The maximum atomic E-state index is 13.9. The van der Waals surface area contributed by atoms with Crippen LogP contribution in [0.1, 0.15) is 38.8 Å². The highest BCUT2D eigenvalue weighted by Gasteiger charge is 2.34. The molecule has 38 heavy (non-hydrogen) atoms. The zero-order chi connectivity index (χ0) is 28.4. The summed E-state index contributed by atoms with van der Waals surface area (Å²) in [4.78, 5) is 41.0. The highest BCUT2D eigenvalue weighted by molar-refractivity contribution is 7.21. The van der Waals surface area contributed by atoms with Crippen molar-refractivity contribution in [1.82, 2.24) is 24.1 Å². The second-order valence-corrected chi connectivity index (χ2v) is 10.3. The molecule has 0 spiro atoms. The van der Waals surface area contributed by atoms with Crippen LogP contribution in [0.2, 0.25) is 0 Å². The number of hydrogen-bond donors (Lipinski definition) is 2. The van der Waals surface area contributed by atoms with Crippen LogP contribution in [0.3, 0.4) is 0 Å². The fourth-order valence-electron chi connectivity index (χ4n) is 3.82. The molecule has 1 aromatic carbocycles. The zero-order valence-electron chi connectivity index (χ0n) is 22.1. The van der Waals surface area contributed by atoms with E-state index in [1.54, 1.807) is 20.8 Å². The minimum absolute atomic E-state index is 0.0935. The van der Waals surface area contributed by atoms with E-state index >= 15 is 0 Å². The number of nitrogens with zero attached hydrogens (tertiary/aromatic N) is 5. The number of amides is 1. The van der Waals surface area contributed by atoms with E-state index in [2.05, 4.69) is 10.2 Å². The molecule has 0 unspecified atom stereocenters. The molecule has 0 radical (unpaired) electrons. The van der Waals surface area contributed by atoms with Crippen LogP contribution >= 0.6 is 11.3 Å². The maximum Gasteiger partial charge on any atom is 0.333 e. The molecule has 4 rings (SSSR count). The number of nitrogens with two attached hydrogens (primary N) is 1. The number of aryl methyl sites for hydroxylation is 3. The van der Waals surface area contributed by atoms with Crippen molar-refractivity contribution in [3.05, 3.63) is 68.4 Å². The molecule has 3 aromatic heterocycles. The van der Waals surface area contributed by atoms with E-state index < -0.39 is 28.5 Å². The van der Waals surface area contributed by atoms with Gasteiger partial charge in [-0.2, -0.15) is 10.2 Å². The number of ether oxygens (including phenoxy) is 1. The second kappa shape index (κ2) is 11.3. The number of benzene rings is 1. The summed E-state index contributed by atoms with van der Waals surface area (Å²) in [5, 5.41) is 17.1. The summed E-state index contributed by atoms with van der Waals surface area (Å²) >= 11 is 1.18. The summed E-state index contributed by atoms with van der Waals surface area (Å²) in [6.45, 7) is 8.10. The van der Waals surface area contributed by atoms with Crippen LogP contribution in [-0.2, 0) is 23.3 Å². The number of thiophene rings is 1. The molecule has 4 aromatic rings. The number of carbonyl (C=O) groups excluding carboxylic acids is 1. The van der Waals surface area contributed by atoms with Crippen molar-refractivity contribution in [1.29, 1.82) is 0 Å². The Bertz CT molecular complexity index is 1570. The van der Waals surface area contributed by atoms with Crippen molar-refractivity contribution >= 4 is 27.5 Å². The van der Waals surface area contributed by atoms with Crippen molar-refractivity contribution in [2.45, 2.75) is 59.2 Å².